The predicted molar refractivity (Wildman–Crippen MR) is 112 cm³/mol. The maximum Gasteiger partial charge on any atom is 0.251 e. The number of anilines is 1. The van der Waals surface area contributed by atoms with E-state index in [1.165, 1.54) is 11.8 Å². The Labute approximate surface area is 171 Å². The molecule has 142 valence electrons. The summed E-state index contributed by atoms with van der Waals surface area (Å²) in [6.45, 7) is 0. The summed E-state index contributed by atoms with van der Waals surface area (Å²) in [7, 11) is 1.63. The first-order chi connectivity index (χ1) is 13.0. The molecule has 0 aromatic heterocycles. The molecule has 0 bridgehead atoms. The summed E-state index contributed by atoms with van der Waals surface area (Å²) in [5, 5.41) is 5.80. The fourth-order valence-electron chi connectivity index (χ4n) is 2.49. The lowest BCUT2D eigenvalue weighted by Crippen LogP contribution is -2.25. The number of hydrogen-bond acceptors (Lipinski definition) is 4. The van der Waals surface area contributed by atoms with Crippen LogP contribution in [-0.2, 0) is 10.5 Å². The molecule has 1 fully saturated rings. The van der Waals surface area contributed by atoms with Gasteiger partial charge in [-0.3, -0.25) is 9.59 Å². The molecule has 0 unspecified atom stereocenters. The molecular weight excluding hydrogens is 428 g/mol. The molecule has 3 rings (SSSR count). The number of rotatable bonds is 8. The third kappa shape index (κ3) is 6.01. The molecule has 2 N–H and O–H groups in total. The molecule has 27 heavy (non-hydrogen) atoms. The number of nitrogens with one attached hydrogen (secondary N) is 2. The summed E-state index contributed by atoms with van der Waals surface area (Å²) in [5.41, 5.74) is 2.31. The van der Waals surface area contributed by atoms with E-state index in [0.29, 0.717) is 23.0 Å². The lowest BCUT2D eigenvalue weighted by Gasteiger charge is -2.09. The van der Waals surface area contributed by atoms with Crippen LogP contribution in [0.2, 0.25) is 0 Å². The summed E-state index contributed by atoms with van der Waals surface area (Å²) in [4.78, 5) is 24.3. The minimum absolute atomic E-state index is 0.0898. The molecule has 1 saturated carbocycles. The highest BCUT2D eigenvalue weighted by atomic mass is 79.9. The second-order valence-corrected chi connectivity index (χ2v) is 8.18. The van der Waals surface area contributed by atoms with Gasteiger partial charge >= 0.3 is 0 Å². The van der Waals surface area contributed by atoms with Crippen molar-refractivity contribution in [3.05, 3.63) is 58.1 Å². The summed E-state index contributed by atoms with van der Waals surface area (Å²) in [6, 6.07) is 13.2. The van der Waals surface area contributed by atoms with Crippen LogP contribution in [0.15, 0.2) is 46.9 Å². The van der Waals surface area contributed by atoms with Gasteiger partial charge < -0.3 is 15.4 Å². The molecule has 2 aromatic carbocycles. The molecule has 0 atom stereocenters. The van der Waals surface area contributed by atoms with Gasteiger partial charge in [-0.1, -0.05) is 12.1 Å². The Kier molecular flexibility index (Phi) is 6.79. The number of halogens is 1. The predicted octanol–water partition coefficient (Wildman–Crippen LogP) is 4.22. The molecule has 2 amide bonds. The lowest BCUT2D eigenvalue weighted by atomic mass is 10.2. The number of carbonyl (C=O) groups is 2. The fourth-order valence-corrected chi connectivity index (χ4v) is 3.86. The van der Waals surface area contributed by atoms with Crippen molar-refractivity contribution >= 4 is 45.2 Å². The SMILES string of the molecule is COc1ccc(CSCC(=O)Nc2cccc(C(=O)NC3CC3)c2)cc1Br. The van der Waals surface area contributed by atoms with Gasteiger partial charge in [0.25, 0.3) is 5.91 Å². The Morgan fingerprint density at radius 2 is 2.04 bits per heavy atom. The van der Waals surface area contributed by atoms with Crippen molar-refractivity contribution in [1.29, 1.82) is 0 Å². The zero-order chi connectivity index (χ0) is 19.2. The van der Waals surface area contributed by atoms with Gasteiger partial charge in [0.15, 0.2) is 0 Å². The number of methoxy groups -OCH3 is 1. The van der Waals surface area contributed by atoms with Crippen LogP contribution in [0.4, 0.5) is 5.69 Å². The van der Waals surface area contributed by atoms with Gasteiger partial charge in [-0.15, -0.1) is 11.8 Å². The van der Waals surface area contributed by atoms with Crippen LogP contribution in [-0.4, -0.2) is 30.7 Å². The van der Waals surface area contributed by atoms with Gasteiger partial charge in [0.1, 0.15) is 5.75 Å². The zero-order valence-corrected chi connectivity index (χ0v) is 17.4. The molecule has 7 heteroatoms. The van der Waals surface area contributed by atoms with Crippen LogP contribution < -0.4 is 15.4 Å². The number of carbonyl (C=O) groups excluding carboxylic acids is 2. The average molecular weight is 449 g/mol. The third-order valence-corrected chi connectivity index (χ3v) is 5.66. The highest BCUT2D eigenvalue weighted by Crippen LogP contribution is 2.27. The molecule has 0 aliphatic heterocycles. The molecule has 5 nitrogen and oxygen atoms in total. The number of benzene rings is 2. The van der Waals surface area contributed by atoms with E-state index in [1.54, 1.807) is 31.4 Å². The Balaban J connectivity index is 1.47. The van der Waals surface area contributed by atoms with E-state index < -0.39 is 0 Å². The van der Waals surface area contributed by atoms with Crippen LogP contribution in [0.5, 0.6) is 5.75 Å². The molecule has 1 aliphatic carbocycles. The average Bonchev–Trinajstić information content (AvgIpc) is 3.46. The van der Waals surface area contributed by atoms with Gasteiger partial charge in [0, 0.05) is 23.0 Å². The monoisotopic (exact) mass is 448 g/mol. The molecule has 0 saturated heterocycles. The summed E-state index contributed by atoms with van der Waals surface area (Å²) >= 11 is 4.99. The van der Waals surface area contributed by atoms with Crippen LogP contribution in [0.25, 0.3) is 0 Å². The van der Waals surface area contributed by atoms with Crippen LogP contribution >= 0.6 is 27.7 Å². The molecule has 0 radical (unpaired) electrons. The Morgan fingerprint density at radius 3 is 2.74 bits per heavy atom. The maximum atomic E-state index is 12.2. The lowest BCUT2D eigenvalue weighted by molar-refractivity contribution is -0.113. The first kappa shape index (κ1) is 19.8. The standard InChI is InChI=1S/C20H21BrN2O3S/c1-26-18-8-5-13(9-17(18)21)11-27-12-19(24)22-16-4-2-3-14(10-16)20(25)23-15-6-7-15/h2-5,8-10,15H,6-7,11-12H2,1H3,(H,22,24)(H,23,25). The number of thioether (sulfide) groups is 1. The van der Waals surface area contributed by atoms with Crippen molar-refractivity contribution in [3.63, 3.8) is 0 Å². The van der Waals surface area contributed by atoms with Gasteiger partial charge in [-0.2, -0.15) is 0 Å². The number of amides is 2. The molecule has 0 spiro atoms. The smallest absolute Gasteiger partial charge is 0.251 e. The van der Waals surface area contributed by atoms with E-state index in [9.17, 15) is 9.59 Å². The highest BCUT2D eigenvalue weighted by Gasteiger charge is 2.23. The van der Waals surface area contributed by atoms with Gasteiger partial charge in [-0.25, -0.2) is 0 Å². The topological polar surface area (TPSA) is 67.4 Å². The first-order valence-electron chi connectivity index (χ1n) is 8.66. The van der Waals surface area contributed by atoms with E-state index in [1.807, 2.05) is 18.2 Å². The van der Waals surface area contributed by atoms with E-state index >= 15 is 0 Å². The summed E-state index contributed by atoms with van der Waals surface area (Å²) in [5.74, 6) is 1.66. The van der Waals surface area contributed by atoms with Gasteiger partial charge in [0.2, 0.25) is 5.91 Å². The van der Waals surface area contributed by atoms with E-state index in [0.717, 1.165) is 34.4 Å². The van der Waals surface area contributed by atoms with Crippen molar-refractivity contribution in [3.8, 4) is 5.75 Å². The Hall–Kier alpha value is -1.99. The normalized spacial score (nSPS) is 13.1. The molecular formula is C20H21BrN2O3S. The zero-order valence-electron chi connectivity index (χ0n) is 15.0. The van der Waals surface area contributed by atoms with E-state index in [2.05, 4.69) is 26.6 Å². The van der Waals surface area contributed by atoms with Gasteiger partial charge in [-0.05, 0) is 64.7 Å². The van der Waals surface area contributed by atoms with Crippen molar-refractivity contribution < 1.29 is 14.3 Å². The fraction of sp³-hybridized carbons (Fsp3) is 0.300. The van der Waals surface area contributed by atoms with E-state index in [-0.39, 0.29) is 11.8 Å². The van der Waals surface area contributed by atoms with Crippen molar-refractivity contribution in [2.75, 3.05) is 18.2 Å². The molecule has 0 heterocycles. The largest absolute Gasteiger partial charge is 0.496 e. The maximum absolute atomic E-state index is 12.2. The molecule has 1 aliphatic rings. The van der Waals surface area contributed by atoms with Crippen molar-refractivity contribution in [2.24, 2.45) is 0 Å². The van der Waals surface area contributed by atoms with E-state index in [4.69, 9.17) is 4.74 Å². The van der Waals surface area contributed by atoms with Crippen LogP contribution in [0, 0.1) is 0 Å². The Bertz CT molecular complexity index is 840. The van der Waals surface area contributed by atoms with Crippen molar-refractivity contribution in [2.45, 2.75) is 24.6 Å². The Morgan fingerprint density at radius 1 is 1.22 bits per heavy atom. The van der Waals surface area contributed by atoms with Crippen molar-refractivity contribution in [1.82, 2.24) is 5.32 Å². The number of hydrogen-bond donors (Lipinski definition) is 2. The first-order valence-corrected chi connectivity index (χ1v) is 10.6. The molecule has 2 aromatic rings. The highest BCUT2D eigenvalue weighted by molar-refractivity contribution is 9.10. The van der Waals surface area contributed by atoms with Crippen LogP contribution in [0.1, 0.15) is 28.8 Å². The van der Waals surface area contributed by atoms with Crippen LogP contribution in [0.3, 0.4) is 0 Å². The minimum atomic E-state index is -0.0904. The summed E-state index contributed by atoms with van der Waals surface area (Å²) in [6.07, 6.45) is 2.09. The second-order valence-electron chi connectivity index (χ2n) is 6.34. The number of ether oxygens (including phenoxy) is 1. The quantitative estimate of drug-likeness (QED) is 0.634. The summed E-state index contributed by atoms with van der Waals surface area (Å²) < 4.78 is 6.11. The minimum Gasteiger partial charge on any atom is -0.496 e. The third-order valence-electron chi connectivity index (χ3n) is 4.04. The second kappa shape index (κ2) is 9.28. The van der Waals surface area contributed by atoms with Gasteiger partial charge in [0.05, 0.1) is 17.3 Å².